The van der Waals surface area contributed by atoms with Crippen LogP contribution in [0.3, 0.4) is 0 Å². The monoisotopic (exact) mass is 303 g/mol. The van der Waals surface area contributed by atoms with E-state index in [0.29, 0.717) is 25.9 Å². The Morgan fingerprint density at radius 1 is 1.30 bits per heavy atom. The molecular formula is C13H25N3O3S. The van der Waals surface area contributed by atoms with Gasteiger partial charge >= 0.3 is 0 Å². The highest BCUT2D eigenvalue weighted by Gasteiger charge is 2.24. The summed E-state index contributed by atoms with van der Waals surface area (Å²) in [6.07, 6.45) is 2.91. The molecule has 20 heavy (non-hydrogen) atoms. The molecule has 1 rings (SSSR count). The van der Waals surface area contributed by atoms with E-state index in [0.717, 1.165) is 17.4 Å². The van der Waals surface area contributed by atoms with Crippen molar-refractivity contribution < 1.29 is 13.2 Å². The molecule has 0 aromatic carbocycles. The number of likely N-dealkylation sites (N-methyl/N-ethyl adjacent to an activating group) is 2. The SMILES string of the molecule is C=CCCCS(=O)(=O)N(C)CC(=O)N1CCN(C)CC1. The molecule has 1 heterocycles. The van der Waals surface area contributed by atoms with Crippen LogP contribution in [-0.2, 0) is 14.8 Å². The lowest BCUT2D eigenvalue weighted by Crippen LogP contribution is -2.50. The average Bonchev–Trinajstić information content (AvgIpc) is 2.39. The van der Waals surface area contributed by atoms with E-state index in [4.69, 9.17) is 0 Å². The highest BCUT2D eigenvalue weighted by molar-refractivity contribution is 7.89. The van der Waals surface area contributed by atoms with Crippen molar-refractivity contribution in [2.75, 3.05) is 52.6 Å². The Labute approximate surface area is 122 Å². The second-order valence-corrected chi connectivity index (χ2v) is 7.38. The zero-order chi connectivity index (χ0) is 15.2. The summed E-state index contributed by atoms with van der Waals surface area (Å²) in [5, 5.41) is 0. The lowest BCUT2D eigenvalue weighted by molar-refractivity contribution is -0.132. The molecule has 0 N–H and O–H groups in total. The van der Waals surface area contributed by atoms with Crippen LogP contribution < -0.4 is 0 Å². The Bertz CT molecular complexity index is 428. The van der Waals surface area contributed by atoms with Crippen molar-refractivity contribution in [1.82, 2.24) is 14.1 Å². The van der Waals surface area contributed by atoms with Gasteiger partial charge in [0.25, 0.3) is 0 Å². The minimum Gasteiger partial charge on any atom is -0.339 e. The summed E-state index contributed by atoms with van der Waals surface area (Å²) in [4.78, 5) is 16.0. The fraction of sp³-hybridized carbons (Fsp3) is 0.769. The summed E-state index contributed by atoms with van der Waals surface area (Å²) in [5.41, 5.74) is 0. The first-order valence-corrected chi connectivity index (χ1v) is 8.49. The van der Waals surface area contributed by atoms with Crippen molar-refractivity contribution in [3.63, 3.8) is 0 Å². The molecule has 7 heteroatoms. The predicted octanol–water partition coefficient (Wildman–Crippen LogP) is -0.0118. The summed E-state index contributed by atoms with van der Waals surface area (Å²) in [6, 6.07) is 0. The van der Waals surface area contributed by atoms with Crippen LogP contribution in [0.1, 0.15) is 12.8 Å². The zero-order valence-electron chi connectivity index (χ0n) is 12.4. The van der Waals surface area contributed by atoms with Gasteiger partial charge in [-0.05, 0) is 19.9 Å². The van der Waals surface area contributed by atoms with E-state index in [2.05, 4.69) is 11.5 Å². The normalized spacial score (nSPS) is 17.4. The molecule has 1 saturated heterocycles. The van der Waals surface area contributed by atoms with Gasteiger partial charge in [0.1, 0.15) is 0 Å². The number of carbonyl (C=O) groups excluding carboxylic acids is 1. The van der Waals surface area contributed by atoms with E-state index >= 15 is 0 Å². The van der Waals surface area contributed by atoms with Crippen LogP contribution in [-0.4, -0.2) is 81.0 Å². The number of unbranched alkanes of at least 4 members (excludes halogenated alkanes) is 1. The van der Waals surface area contributed by atoms with Gasteiger partial charge in [0.2, 0.25) is 15.9 Å². The molecular weight excluding hydrogens is 278 g/mol. The Balaban J connectivity index is 2.46. The van der Waals surface area contributed by atoms with Crippen molar-refractivity contribution >= 4 is 15.9 Å². The molecule has 0 radical (unpaired) electrons. The number of allylic oxidation sites excluding steroid dienone is 1. The zero-order valence-corrected chi connectivity index (χ0v) is 13.2. The van der Waals surface area contributed by atoms with Crippen LogP contribution in [0.2, 0.25) is 0 Å². The van der Waals surface area contributed by atoms with Gasteiger partial charge in [-0.1, -0.05) is 6.08 Å². The fourth-order valence-electron chi connectivity index (χ4n) is 2.01. The maximum absolute atomic E-state index is 12.1. The van der Waals surface area contributed by atoms with Crippen LogP contribution >= 0.6 is 0 Å². The summed E-state index contributed by atoms with van der Waals surface area (Å²) in [7, 11) is 0.132. The fourth-order valence-corrected chi connectivity index (χ4v) is 3.16. The number of sulfonamides is 1. The van der Waals surface area contributed by atoms with Gasteiger partial charge in [-0.2, -0.15) is 4.31 Å². The smallest absolute Gasteiger partial charge is 0.237 e. The van der Waals surface area contributed by atoms with Crippen LogP contribution in [0.5, 0.6) is 0 Å². The minimum atomic E-state index is -3.35. The molecule has 116 valence electrons. The third-order valence-electron chi connectivity index (χ3n) is 3.50. The predicted molar refractivity (Wildman–Crippen MR) is 79.9 cm³/mol. The van der Waals surface area contributed by atoms with Crippen molar-refractivity contribution in [1.29, 1.82) is 0 Å². The van der Waals surface area contributed by atoms with Crippen molar-refractivity contribution in [3.8, 4) is 0 Å². The second-order valence-electron chi connectivity index (χ2n) is 5.19. The van der Waals surface area contributed by atoms with Gasteiger partial charge < -0.3 is 9.80 Å². The number of piperazine rings is 1. The highest BCUT2D eigenvalue weighted by atomic mass is 32.2. The summed E-state index contributed by atoms with van der Waals surface area (Å²) >= 11 is 0. The van der Waals surface area contributed by atoms with Gasteiger partial charge in [0.05, 0.1) is 12.3 Å². The molecule has 0 aliphatic carbocycles. The van der Waals surface area contributed by atoms with Crippen LogP contribution in [0, 0.1) is 0 Å². The first-order valence-electron chi connectivity index (χ1n) is 6.88. The Morgan fingerprint density at radius 3 is 2.45 bits per heavy atom. The first kappa shape index (κ1) is 17.1. The molecule has 0 aromatic heterocycles. The molecule has 0 atom stereocenters. The Morgan fingerprint density at radius 2 is 1.90 bits per heavy atom. The molecule has 1 aliphatic rings. The number of amides is 1. The molecule has 6 nitrogen and oxygen atoms in total. The lowest BCUT2D eigenvalue weighted by Gasteiger charge is -2.33. The largest absolute Gasteiger partial charge is 0.339 e. The standard InChI is InChI=1S/C13H25N3O3S/c1-4-5-6-11-20(18,19)15(3)12-13(17)16-9-7-14(2)8-10-16/h4H,1,5-12H2,2-3H3. The van der Waals surface area contributed by atoms with Gasteiger partial charge in [-0.3, -0.25) is 4.79 Å². The second kappa shape index (κ2) is 7.75. The van der Waals surface area contributed by atoms with Crippen molar-refractivity contribution in [2.45, 2.75) is 12.8 Å². The number of nitrogens with zero attached hydrogens (tertiary/aromatic N) is 3. The van der Waals surface area contributed by atoms with Gasteiger partial charge in [-0.15, -0.1) is 6.58 Å². The number of carbonyl (C=O) groups is 1. The molecule has 0 saturated carbocycles. The summed E-state index contributed by atoms with van der Waals surface area (Å²) in [6.45, 7) is 6.50. The quantitative estimate of drug-likeness (QED) is 0.490. The van der Waals surface area contributed by atoms with Crippen LogP contribution in [0.15, 0.2) is 12.7 Å². The van der Waals surface area contributed by atoms with Crippen molar-refractivity contribution in [3.05, 3.63) is 12.7 Å². The maximum Gasteiger partial charge on any atom is 0.237 e. The summed E-state index contributed by atoms with van der Waals surface area (Å²) in [5.74, 6) is -0.0566. The van der Waals surface area contributed by atoms with Crippen molar-refractivity contribution in [2.24, 2.45) is 0 Å². The Kier molecular flexibility index (Phi) is 6.64. The van der Waals surface area contributed by atoms with Gasteiger partial charge in [0.15, 0.2) is 0 Å². The van der Waals surface area contributed by atoms with E-state index in [1.54, 1.807) is 11.0 Å². The molecule has 0 aromatic rings. The third-order valence-corrected chi connectivity index (χ3v) is 5.38. The summed E-state index contributed by atoms with van der Waals surface area (Å²) < 4.78 is 25.1. The molecule has 0 spiro atoms. The van der Waals surface area contributed by atoms with E-state index in [1.165, 1.54) is 7.05 Å². The van der Waals surface area contributed by atoms with Gasteiger partial charge in [-0.25, -0.2) is 8.42 Å². The number of hydrogen-bond acceptors (Lipinski definition) is 4. The lowest BCUT2D eigenvalue weighted by atomic mass is 10.3. The van der Waals surface area contributed by atoms with E-state index in [9.17, 15) is 13.2 Å². The highest BCUT2D eigenvalue weighted by Crippen LogP contribution is 2.06. The van der Waals surface area contributed by atoms with E-state index < -0.39 is 10.0 Å². The van der Waals surface area contributed by atoms with E-state index in [1.807, 2.05) is 7.05 Å². The van der Waals surface area contributed by atoms with Crippen LogP contribution in [0.25, 0.3) is 0 Å². The van der Waals surface area contributed by atoms with E-state index in [-0.39, 0.29) is 18.2 Å². The maximum atomic E-state index is 12.1. The minimum absolute atomic E-state index is 0.0610. The molecule has 1 amide bonds. The average molecular weight is 303 g/mol. The number of rotatable bonds is 7. The molecule has 0 bridgehead atoms. The molecule has 1 fully saturated rings. The third kappa shape index (κ3) is 5.22. The first-order chi connectivity index (χ1) is 9.36. The molecule has 0 unspecified atom stereocenters. The molecule has 1 aliphatic heterocycles. The van der Waals surface area contributed by atoms with Crippen LogP contribution in [0.4, 0.5) is 0 Å². The number of hydrogen-bond donors (Lipinski definition) is 0. The Hall–Kier alpha value is -0.920. The van der Waals surface area contributed by atoms with Gasteiger partial charge in [0, 0.05) is 33.2 Å². The topological polar surface area (TPSA) is 60.9 Å².